The maximum absolute atomic E-state index is 12.3. The number of anilines is 1. The van der Waals surface area contributed by atoms with Crippen molar-refractivity contribution in [3.8, 4) is 28.0 Å². The number of aromatic carboxylic acids is 2. The Kier molecular flexibility index (Phi) is 5.43. The van der Waals surface area contributed by atoms with E-state index in [9.17, 15) is 37.8 Å². The first kappa shape index (κ1) is 21.4. The van der Waals surface area contributed by atoms with Crippen LogP contribution in [0.1, 0.15) is 20.7 Å². The molecule has 0 spiro atoms. The summed E-state index contributed by atoms with van der Waals surface area (Å²) in [5.41, 5.74) is 3.97. The van der Waals surface area contributed by atoms with Crippen LogP contribution >= 0.6 is 0 Å². The lowest BCUT2D eigenvalue weighted by atomic mass is 9.94. The Labute approximate surface area is 171 Å². The highest BCUT2D eigenvalue weighted by Crippen LogP contribution is 2.32. The topological polar surface area (TPSA) is 143 Å². The van der Waals surface area contributed by atoms with Crippen LogP contribution in [0.5, 0.6) is 5.75 Å². The van der Waals surface area contributed by atoms with Crippen LogP contribution in [0.15, 0.2) is 53.3 Å². The van der Waals surface area contributed by atoms with Crippen LogP contribution in [-0.4, -0.2) is 33.5 Å². The number of aromatic amines is 1. The van der Waals surface area contributed by atoms with E-state index in [4.69, 9.17) is 5.73 Å². The fourth-order valence-electron chi connectivity index (χ4n) is 3.01. The van der Waals surface area contributed by atoms with E-state index in [-0.39, 0.29) is 11.1 Å². The summed E-state index contributed by atoms with van der Waals surface area (Å²) in [6, 6.07) is 10.7. The summed E-state index contributed by atoms with van der Waals surface area (Å²) < 4.78 is 40.6. The van der Waals surface area contributed by atoms with Crippen LogP contribution in [0, 0.1) is 0 Å². The lowest BCUT2D eigenvalue weighted by Crippen LogP contribution is -2.24. The van der Waals surface area contributed by atoms with E-state index in [0.29, 0.717) is 11.1 Å². The van der Waals surface area contributed by atoms with E-state index in [1.165, 1.54) is 36.4 Å². The number of hydrogen-bond acceptors (Lipinski definition) is 5. The van der Waals surface area contributed by atoms with Gasteiger partial charge >= 0.3 is 18.3 Å². The molecule has 0 atom stereocenters. The van der Waals surface area contributed by atoms with Gasteiger partial charge in [-0.15, -0.1) is 13.2 Å². The van der Waals surface area contributed by atoms with Gasteiger partial charge in [-0.2, -0.15) is 0 Å². The molecule has 1 aromatic heterocycles. The van der Waals surface area contributed by atoms with Crippen LogP contribution in [0.2, 0.25) is 0 Å². The predicted octanol–water partition coefficient (Wildman–Crippen LogP) is 3.59. The molecule has 0 saturated heterocycles. The SMILES string of the molecule is Nc1[nH]c(=O)c(C(=O)O)c(-c2ccc(-c3ccc(OC(F)(F)F)cc3)cc2)c1C(=O)O. The van der Waals surface area contributed by atoms with Crippen molar-refractivity contribution in [2.75, 3.05) is 5.73 Å². The molecule has 5 N–H and O–H groups in total. The number of nitrogens with one attached hydrogen (secondary N) is 1. The first-order valence-electron chi connectivity index (χ1n) is 8.47. The van der Waals surface area contributed by atoms with Gasteiger partial charge in [0.1, 0.15) is 22.7 Å². The van der Waals surface area contributed by atoms with Gasteiger partial charge in [-0.1, -0.05) is 36.4 Å². The van der Waals surface area contributed by atoms with Crippen LogP contribution in [-0.2, 0) is 0 Å². The minimum atomic E-state index is -4.82. The van der Waals surface area contributed by atoms with Gasteiger partial charge in [-0.25, -0.2) is 9.59 Å². The van der Waals surface area contributed by atoms with Gasteiger partial charge in [0.15, 0.2) is 0 Å². The van der Waals surface area contributed by atoms with E-state index in [1.54, 1.807) is 0 Å². The average molecular weight is 434 g/mol. The Balaban J connectivity index is 2.05. The van der Waals surface area contributed by atoms with Gasteiger partial charge in [0.25, 0.3) is 5.56 Å². The number of benzene rings is 2. The molecule has 160 valence electrons. The second kappa shape index (κ2) is 7.86. The molecule has 31 heavy (non-hydrogen) atoms. The number of pyridine rings is 1. The summed E-state index contributed by atoms with van der Waals surface area (Å²) in [6.07, 6.45) is -4.82. The number of halogens is 3. The van der Waals surface area contributed by atoms with E-state index in [0.717, 1.165) is 12.1 Å². The normalized spacial score (nSPS) is 11.2. The number of alkyl halides is 3. The van der Waals surface area contributed by atoms with Crippen LogP contribution in [0.25, 0.3) is 22.3 Å². The van der Waals surface area contributed by atoms with Gasteiger partial charge in [-0.3, -0.25) is 4.79 Å². The fraction of sp³-hybridized carbons (Fsp3) is 0.0500. The molecule has 0 aliphatic carbocycles. The number of ether oxygens (including phenoxy) is 1. The third-order valence-electron chi connectivity index (χ3n) is 4.27. The predicted molar refractivity (Wildman–Crippen MR) is 103 cm³/mol. The Bertz CT molecular complexity index is 1220. The fourth-order valence-corrected chi connectivity index (χ4v) is 3.01. The monoisotopic (exact) mass is 434 g/mol. The number of nitrogen functional groups attached to an aromatic ring is 1. The van der Waals surface area contributed by atoms with Crippen LogP contribution in [0.4, 0.5) is 19.0 Å². The summed E-state index contributed by atoms with van der Waals surface area (Å²) in [5, 5.41) is 18.9. The molecule has 11 heteroatoms. The molecule has 0 saturated carbocycles. The van der Waals surface area contributed by atoms with Gasteiger partial charge in [0, 0.05) is 5.56 Å². The molecule has 2 aromatic carbocycles. The summed E-state index contributed by atoms with van der Waals surface area (Å²) in [4.78, 5) is 37.3. The van der Waals surface area contributed by atoms with Crippen molar-refractivity contribution in [2.45, 2.75) is 6.36 Å². The summed E-state index contributed by atoms with van der Waals surface area (Å²) in [7, 11) is 0. The number of H-pyrrole nitrogens is 1. The van der Waals surface area contributed by atoms with E-state index < -0.39 is 46.6 Å². The third-order valence-corrected chi connectivity index (χ3v) is 4.27. The van der Waals surface area contributed by atoms with Crippen molar-refractivity contribution in [3.05, 3.63) is 70.0 Å². The average Bonchev–Trinajstić information content (AvgIpc) is 2.66. The molecule has 3 rings (SSSR count). The summed E-state index contributed by atoms with van der Waals surface area (Å²) in [6.45, 7) is 0. The number of aromatic nitrogens is 1. The zero-order valence-corrected chi connectivity index (χ0v) is 15.4. The molecule has 8 nitrogen and oxygen atoms in total. The van der Waals surface area contributed by atoms with Crippen molar-refractivity contribution in [1.29, 1.82) is 0 Å². The maximum atomic E-state index is 12.3. The van der Waals surface area contributed by atoms with Gasteiger partial charge in [-0.05, 0) is 28.8 Å². The lowest BCUT2D eigenvalue weighted by Gasteiger charge is -2.13. The highest BCUT2D eigenvalue weighted by Gasteiger charge is 2.31. The van der Waals surface area contributed by atoms with Crippen molar-refractivity contribution in [1.82, 2.24) is 4.98 Å². The highest BCUT2D eigenvalue weighted by molar-refractivity contribution is 6.07. The second-order valence-electron chi connectivity index (χ2n) is 6.25. The largest absolute Gasteiger partial charge is 0.573 e. The van der Waals surface area contributed by atoms with Crippen molar-refractivity contribution < 1.29 is 37.7 Å². The third kappa shape index (κ3) is 4.50. The minimum absolute atomic E-state index is 0.105. The van der Waals surface area contributed by atoms with Crippen molar-refractivity contribution >= 4 is 17.8 Å². The highest BCUT2D eigenvalue weighted by atomic mass is 19.4. The van der Waals surface area contributed by atoms with Gasteiger partial charge in [0.05, 0.1) is 0 Å². The number of rotatable bonds is 5. The summed E-state index contributed by atoms with van der Waals surface area (Å²) in [5.74, 6) is -4.07. The zero-order chi connectivity index (χ0) is 22.9. The Morgan fingerprint density at radius 1 is 0.839 bits per heavy atom. The molecular weight excluding hydrogens is 421 g/mol. The minimum Gasteiger partial charge on any atom is -0.478 e. The summed E-state index contributed by atoms with van der Waals surface area (Å²) >= 11 is 0. The Morgan fingerprint density at radius 3 is 1.74 bits per heavy atom. The van der Waals surface area contributed by atoms with E-state index >= 15 is 0 Å². The number of carbonyl (C=O) groups is 2. The molecule has 0 aliphatic rings. The Morgan fingerprint density at radius 2 is 1.29 bits per heavy atom. The van der Waals surface area contributed by atoms with Gasteiger partial charge < -0.3 is 25.7 Å². The first-order chi connectivity index (χ1) is 14.5. The molecule has 0 fully saturated rings. The number of nitrogens with two attached hydrogens (primary N) is 1. The van der Waals surface area contributed by atoms with Crippen LogP contribution in [0.3, 0.4) is 0 Å². The molecule has 0 aliphatic heterocycles. The molecule has 1 heterocycles. The number of carboxylic acid groups (broad SMARTS) is 2. The molecule has 0 unspecified atom stereocenters. The van der Waals surface area contributed by atoms with Crippen LogP contribution < -0.4 is 16.0 Å². The van der Waals surface area contributed by atoms with E-state index in [1.807, 2.05) is 4.98 Å². The molecular formula is C20H13F3N2O6. The number of carboxylic acids is 2. The lowest BCUT2D eigenvalue weighted by molar-refractivity contribution is -0.274. The van der Waals surface area contributed by atoms with E-state index in [2.05, 4.69) is 4.74 Å². The first-order valence-corrected chi connectivity index (χ1v) is 8.47. The zero-order valence-electron chi connectivity index (χ0n) is 15.4. The molecule has 3 aromatic rings. The molecule has 0 amide bonds. The molecule has 0 radical (unpaired) electrons. The number of hydrogen-bond donors (Lipinski definition) is 4. The smallest absolute Gasteiger partial charge is 0.478 e. The quantitative estimate of drug-likeness (QED) is 0.481. The van der Waals surface area contributed by atoms with Crippen molar-refractivity contribution in [2.24, 2.45) is 0 Å². The maximum Gasteiger partial charge on any atom is 0.573 e. The second-order valence-corrected chi connectivity index (χ2v) is 6.25. The standard InChI is InChI=1S/C20H13F3N2O6/c21-20(22,23)31-12-7-5-10(6-8-12)9-1-3-11(4-2-9)13-14(18(27)28)16(24)25-17(26)15(13)19(29)30/h1-8H,(H,27,28)(H,29,30)(H3,24,25,26). The van der Waals surface area contributed by atoms with Gasteiger partial charge in [0.2, 0.25) is 0 Å². The van der Waals surface area contributed by atoms with Crippen molar-refractivity contribution in [3.63, 3.8) is 0 Å². The Hall–Kier alpha value is -4.28. The molecule has 0 bridgehead atoms.